The summed E-state index contributed by atoms with van der Waals surface area (Å²) >= 11 is 0. The third-order valence-electron chi connectivity index (χ3n) is 5.28. The largest absolute Gasteiger partial charge is 0.368 e. The Morgan fingerprint density at radius 2 is 2.03 bits per heavy atom. The van der Waals surface area contributed by atoms with Crippen LogP contribution in [0.2, 0.25) is 0 Å². The van der Waals surface area contributed by atoms with Gasteiger partial charge in [-0.25, -0.2) is 13.4 Å². The van der Waals surface area contributed by atoms with Crippen LogP contribution in [0.3, 0.4) is 0 Å². The molecule has 1 unspecified atom stereocenters. The number of ketones is 1. The SMILES string of the molecule is Cc1ccc(C(=O)c2nccn2C/C=C/C2=CCC(CO[C@H](C)C(=O)NS(C)(=O)=O)C=C2)cc1. The van der Waals surface area contributed by atoms with E-state index in [-0.39, 0.29) is 11.7 Å². The van der Waals surface area contributed by atoms with Gasteiger partial charge in [0.1, 0.15) is 6.10 Å². The minimum absolute atomic E-state index is 0.0954. The lowest BCUT2D eigenvalue weighted by molar-refractivity contribution is -0.130. The van der Waals surface area contributed by atoms with Gasteiger partial charge in [0.25, 0.3) is 5.91 Å². The average molecular weight is 484 g/mol. The number of hydrogen-bond acceptors (Lipinski definition) is 6. The van der Waals surface area contributed by atoms with Crippen LogP contribution in [0.25, 0.3) is 0 Å². The van der Waals surface area contributed by atoms with Crippen LogP contribution in [0, 0.1) is 12.8 Å². The highest BCUT2D eigenvalue weighted by Crippen LogP contribution is 2.18. The Balaban J connectivity index is 1.49. The molecule has 1 aliphatic rings. The first-order valence-corrected chi connectivity index (χ1v) is 12.8. The van der Waals surface area contributed by atoms with Crippen LogP contribution in [0.5, 0.6) is 0 Å². The van der Waals surface area contributed by atoms with Crippen LogP contribution >= 0.6 is 0 Å². The van der Waals surface area contributed by atoms with Crippen molar-refractivity contribution in [2.75, 3.05) is 12.9 Å². The highest BCUT2D eigenvalue weighted by molar-refractivity contribution is 7.89. The molecule has 1 aromatic heterocycles. The molecule has 9 heteroatoms. The number of imidazole rings is 1. The fourth-order valence-electron chi connectivity index (χ4n) is 3.34. The average Bonchev–Trinajstić information content (AvgIpc) is 3.25. The minimum Gasteiger partial charge on any atom is -0.368 e. The summed E-state index contributed by atoms with van der Waals surface area (Å²) in [6.07, 6.45) is 14.2. The number of ether oxygens (including phenoxy) is 1. The maximum Gasteiger partial charge on any atom is 0.262 e. The van der Waals surface area contributed by atoms with Crippen molar-refractivity contribution in [2.24, 2.45) is 5.92 Å². The highest BCUT2D eigenvalue weighted by Gasteiger charge is 2.19. The normalized spacial score (nSPS) is 16.9. The van der Waals surface area contributed by atoms with E-state index in [4.69, 9.17) is 4.74 Å². The Morgan fingerprint density at radius 1 is 1.29 bits per heavy atom. The number of carbonyl (C=O) groups is 2. The molecule has 1 amide bonds. The van der Waals surface area contributed by atoms with Gasteiger partial charge in [0.2, 0.25) is 15.8 Å². The number of aryl methyl sites for hydroxylation is 1. The molecule has 0 fully saturated rings. The molecule has 1 aromatic carbocycles. The molecule has 1 heterocycles. The Morgan fingerprint density at radius 3 is 2.68 bits per heavy atom. The van der Waals surface area contributed by atoms with E-state index < -0.39 is 22.0 Å². The van der Waals surface area contributed by atoms with Crippen molar-refractivity contribution < 1.29 is 22.7 Å². The number of carbonyl (C=O) groups excluding carboxylic acids is 2. The molecule has 2 aromatic rings. The predicted molar refractivity (Wildman–Crippen MR) is 130 cm³/mol. The lowest BCUT2D eigenvalue weighted by Crippen LogP contribution is -2.38. The Kier molecular flexibility index (Phi) is 8.36. The van der Waals surface area contributed by atoms with E-state index in [1.165, 1.54) is 6.92 Å². The second-order valence-corrected chi connectivity index (χ2v) is 10.0. The van der Waals surface area contributed by atoms with Gasteiger partial charge in [0.05, 0.1) is 12.9 Å². The van der Waals surface area contributed by atoms with E-state index in [1.54, 1.807) is 12.4 Å². The molecular formula is C25H29N3O5S. The van der Waals surface area contributed by atoms with Crippen LogP contribution in [-0.4, -0.2) is 48.6 Å². The molecule has 180 valence electrons. The second kappa shape index (κ2) is 11.2. The molecule has 1 aliphatic carbocycles. The van der Waals surface area contributed by atoms with Crippen molar-refractivity contribution in [3.63, 3.8) is 0 Å². The summed E-state index contributed by atoms with van der Waals surface area (Å²) in [6.45, 7) is 4.31. The van der Waals surface area contributed by atoms with Crippen LogP contribution < -0.4 is 4.72 Å². The van der Waals surface area contributed by atoms with Gasteiger partial charge in [-0.3, -0.25) is 14.3 Å². The summed E-state index contributed by atoms with van der Waals surface area (Å²) in [7, 11) is -3.60. The van der Waals surface area contributed by atoms with E-state index in [0.717, 1.165) is 23.8 Å². The van der Waals surface area contributed by atoms with E-state index in [0.29, 0.717) is 24.5 Å². The van der Waals surface area contributed by atoms with Gasteiger partial charge in [-0.05, 0) is 25.8 Å². The van der Waals surface area contributed by atoms with Crippen molar-refractivity contribution in [3.05, 3.63) is 89.6 Å². The summed E-state index contributed by atoms with van der Waals surface area (Å²) < 4.78 is 31.5. The smallest absolute Gasteiger partial charge is 0.262 e. The molecule has 8 nitrogen and oxygen atoms in total. The first kappa shape index (κ1) is 25.3. The van der Waals surface area contributed by atoms with E-state index >= 15 is 0 Å². The molecule has 3 rings (SSSR count). The first-order chi connectivity index (χ1) is 16.1. The summed E-state index contributed by atoms with van der Waals surface area (Å²) in [5, 5.41) is 0. The Hall–Kier alpha value is -3.30. The number of allylic oxidation sites excluding steroid dienone is 5. The quantitative estimate of drug-likeness (QED) is 0.521. The van der Waals surface area contributed by atoms with Gasteiger partial charge in [-0.1, -0.05) is 60.2 Å². The van der Waals surface area contributed by atoms with Gasteiger partial charge in [-0.2, -0.15) is 0 Å². The van der Waals surface area contributed by atoms with Crippen molar-refractivity contribution in [1.29, 1.82) is 0 Å². The molecule has 1 N–H and O–H groups in total. The Bertz CT molecular complexity index is 1220. The fraction of sp³-hybridized carbons (Fsp3) is 0.320. The van der Waals surface area contributed by atoms with Gasteiger partial charge in [-0.15, -0.1) is 0 Å². The number of aromatic nitrogens is 2. The van der Waals surface area contributed by atoms with Gasteiger partial charge < -0.3 is 9.30 Å². The topological polar surface area (TPSA) is 107 Å². The monoisotopic (exact) mass is 483 g/mol. The van der Waals surface area contributed by atoms with E-state index in [1.807, 2.05) is 64.8 Å². The van der Waals surface area contributed by atoms with Crippen LogP contribution in [0.4, 0.5) is 0 Å². The van der Waals surface area contributed by atoms with Crippen molar-refractivity contribution >= 4 is 21.7 Å². The van der Waals surface area contributed by atoms with Gasteiger partial charge in [0.15, 0.2) is 5.82 Å². The van der Waals surface area contributed by atoms with Crippen molar-refractivity contribution in [2.45, 2.75) is 32.9 Å². The number of hydrogen-bond donors (Lipinski definition) is 1. The predicted octanol–water partition coefficient (Wildman–Crippen LogP) is 2.96. The summed E-state index contributed by atoms with van der Waals surface area (Å²) in [5.41, 5.74) is 2.74. The maximum absolute atomic E-state index is 12.8. The number of rotatable bonds is 10. The lowest BCUT2D eigenvalue weighted by atomic mass is 9.97. The van der Waals surface area contributed by atoms with E-state index in [2.05, 4.69) is 11.1 Å². The summed E-state index contributed by atoms with van der Waals surface area (Å²) in [4.78, 5) is 28.8. The zero-order valence-electron chi connectivity index (χ0n) is 19.5. The fourth-order valence-corrected chi connectivity index (χ4v) is 3.87. The molecular weight excluding hydrogens is 454 g/mol. The summed E-state index contributed by atoms with van der Waals surface area (Å²) in [5.74, 6) is -0.301. The van der Waals surface area contributed by atoms with Crippen LogP contribution in [0.15, 0.2) is 72.6 Å². The van der Waals surface area contributed by atoms with Crippen LogP contribution in [-0.2, 0) is 26.1 Å². The number of amides is 1. The number of sulfonamides is 1. The van der Waals surface area contributed by atoms with Crippen molar-refractivity contribution in [3.8, 4) is 0 Å². The number of nitrogens with zero attached hydrogens (tertiary/aromatic N) is 2. The van der Waals surface area contributed by atoms with Gasteiger partial charge in [0, 0.05) is 30.4 Å². The molecule has 34 heavy (non-hydrogen) atoms. The molecule has 0 aliphatic heterocycles. The standard InChI is InChI=1S/C25H29N3O5S/c1-18-6-12-22(13-7-18)23(29)24-26-14-16-28(24)15-4-5-20-8-10-21(11-9-20)17-33-19(2)25(30)27-34(3,31)32/h4-10,12-14,16,19,21H,11,15,17H2,1-3H3,(H,27,30)/b5-4+/t19-,21?/m1/s1. The summed E-state index contributed by atoms with van der Waals surface area (Å²) in [6, 6.07) is 7.43. The third-order valence-corrected chi connectivity index (χ3v) is 5.85. The lowest BCUT2D eigenvalue weighted by Gasteiger charge is -2.18. The maximum atomic E-state index is 12.8. The Labute approximate surface area is 200 Å². The molecule has 0 bridgehead atoms. The van der Waals surface area contributed by atoms with Gasteiger partial charge >= 0.3 is 0 Å². The zero-order chi connectivity index (χ0) is 24.7. The molecule has 2 atom stereocenters. The van der Waals surface area contributed by atoms with Crippen LogP contribution in [0.1, 0.15) is 35.1 Å². The minimum atomic E-state index is -3.60. The molecule has 0 radical (unpaired) electrons. The highest BCUT2D eigenvalue weighted by atomic mass is 32.2. The van der Waals surface area contributed by atoms with E-state index in [9.17, 15) is 18.0 Å². The zero-order valence-corrected chi connectivity index (χ0v) is 20.3. The number of nitrogens with one attached hydrogen (secondary N) is 1. The molecule has 0 saturated heterocycles. The third kappa shape index (κ3) is 7.36. The second-order valence-electron chi connectivity index (χ2n) is 8.27. The van der Waals surface area contributed by atoms with Crippen molar-refractivity contribution in [1.82, 2.24) is 14.3 Å². The molecule has 0 spiro atoms. The number of benzene rings is 1. The first-order valence-electron chi connectivity index (χ1n) is 10.9. The molecule has 0 saturated carbocycles.